The van der Waals surface area contributed by atoms with Gasteiger partial charge in [-0.2, -0.15) is 0 Å². The van der Waals surface area contributed by atoms with Gasteiger partial charge in [-0.05, 0) is 32.1 Å². The van der Waals surface area contributed by atoms with Crippen LogP contribution in [0, 0.1) is 0 Å². The minimum Gasteiger partial charge on any atom is -0.469 e. The zero-order chi connectivity index (χ0) is 10.4. The Bertz CT molecular complexity index is 186. The van der Waals surface area contributed by atoms with Crippen molar-refractivity contribution >= 4 is 5.97 Å². The summed E-state index contributed by atoms with van der Waals surface area (Å²) in [4.78, 5) is 10.8. The number of halogens is 1. The van der Waals surface area contributed by atoms with Gasteiger partial charge in [0.2, 0.25) is 0 Å². The molecule has 1 saturated carbocycles. The maximum atomic E-state index is 13.8. The van der Waals surface area contributed by atoms with Crippen LogP contribution in [0.2, 0.25) is 0 Å². The topological polar surface area (TPSA) is 26.3 Å². The minimum atomic E-state index is -0.921. The van der Waals surface area contributed by atoms with Gasteiger partial charge in [0.05, 0.1) is 7.11 Å². The number of carbonyl (C=O) groups is 1. The highest BCUT2D eigenvalue weighted by molar-refractivity contribution is 5.68. The first-order valence-corrected chi connectivity index (χ1v) is 5.42. The lowest BCUT2D eigenvalue weighted by Crippen LogP contribution is -2.17. The number of esters is 1. The maximum absolute atomic E-state index is 13.8. The predicted octanol–water partition coefficient (Wildman–Crippen LogP) is 3.00. The molecular formula is C11H19FO2. The van der Waals surface area contributed by atoms with E-state index in [4.69, 9.17) is 0 Å². The summed E-state index contributed by atoms with van der Waals surface area (Å²) >= 11 is 0. The molecule has 0 saturated heterocycles. The lowest BCUT2D eigenvalue weighted by molar-refractivity contribution is -0.140. The summed E-state index contributed by atoms with van der Waals surface area (Å²) < 4.78 is 18.3. The zero-order valence-corrected chi connectivity index (χ0v) is 8.85. The van der Waals surface area contributed by atoms with Gasteiger partial charge in [0.15, 0.2) is 0 Å². The number of methoxy groups -OCH3 is 1. The van der Waals surface area contributed by atoms with Gasteiger partial charge in [-0.1, -0.05) is 12.8 Å². The van der Waals surface area contributed by atoms with Crippen LogP contribution in [-0.4, -0.2) is 18.7 Å². The Labute approximate surface area is 84.8 Å². The summed E-state index contributed by atoms with van der Waals surface area (Å²) in [6.45, 7) is 0. The fraction of sp³-hybridized carbons (Fsp3) is 0.909. The first kappa shape index (κ1) is 11.5. The van der Waals surface area contributed by atoms with Gasteiger partial charge in [-0.3, -0.25) is 4.79 Å². The molecule has 0 N–H and O–H groups in total. The molecule has 0 aliphatic heterocycles. The number of carbonyl (C=O) groups excluding carboxylic acids is 1. The first-order chi connectivity index (χ1) is 6.66. The molecular weight excluding hydrogens is 183 g/mol. The third-order valence-electron chi connectivity index (χ3n) is 2.98. The van der Waals surface area contributed by atoms with E-state index in [9.17, 15) is 9.18 Å². The quantitative estimate of drug-likeness (QED) is 0.506. The SMILES string of the molecule is COC(=O)CCCCC1(F)CCCC1. The lowest BCUT2D eigenvalue weighted by atomic mass is 9.96. The highest BCUT2D eigenvalue weighted by atomic mass is 19.1. The first-order valence-electron chi connectivity index (χ1n) is 5.42. The van der Waals surface area contributed by atoms with E-state index in [0.29, 0.717) is 25.7 Å². The number of ether oxygens (including phenoxy) is 1. The van der Waals surface area contributed by atoms with E-state index in [1.807, 2.05) is 0 Å². The van der Waals surface area contributed by atoms with Crippen molar-refractivity contribution in [3.05, 3.63) is 0 Å². The smallest absolute Gasteiger partial charge is 0.305 e. The second-order valence-corrected chi connectivity index (χ2v) is 4.14. The second-order valence-electron chi connectivity index (χ2n) is 4.14. The number of rotatable bonds is 5. The molecule has 2 nitrogen and oxygen atoms in total. The van der Waals surface area contributed by atoms with Crippen molar-refractivity contribution in [3.63, 3.8) is 0 Å². The molecule has 0 radical (unpaired) electrons. The molecule has 0 atom stereocenters. The number of alkyl halides is 1. The lowest BCUT2D eigenvalue weighted by Gasteiger charge is -2.18. The molecule has 0 amide bonds. The van der Waals surface area contributed by atoms with E-state index < -0.39 is 5.67 Å². The molecule has 0 bridgehead atoms. The van der Waals surface area contributed by atoms with Crippen LogP contribution in [0.15, 0.2) is 0 Å². The molecule has 82 valence electrons. The van der Waals surface area contributed by atoms with Crippen molar-refractivity contribution in [2.75, 3.05) is 7.11 Å². The highest BCUT2D eigenvalue weighted by Gasteiger charge is 2.32. The van der Waals surface area contributed by atoms with Crippen molar-refractivity contribution < 1.29 is 13.9 Å². The van der Waals surface area contributed by atoms with Crippen LogP contribution in [0.1, 0.15) is 51.4 Å². The number of unbranched alkanes of at least 4 members (excludes halogenated alkanes) is 1. The van der Waals surface area contributed by atoms with E-state index in [0.717, 1.165) is 25.7 Å². The zero-order valence-electron chi connectivity index (χ0n) is 8.85. The average Bonchev–Trinajstić information content (AvgIpc) is 2.60. The summed E-state index contributed by atoms with van der Waals surface area (Å²) in [5, 5.41) is 0. The van der Waals surface area contributed by atoms with Crippen LogP contribution < -0.4 is 0 Å². The summed E-state index contributed by atoms with van der Waals surface area (Å²) in [7, 11) is 1.38. The average molecular weight is 202 g/mol. The Balaban J connectivity index is 2.06. The Morgan fingerprint density at radius 3 is 2.57 bits per heavy atom. The van der Waals surface area contributed by atoms with Crippen LogP contribution in [0.5, 0.6) is 0 Å². The molecule has 0 heterocycles. The van der Waals surface area contributed by atoms with Crippen LogP contribution in [0.4, 0.5) is 4.39 Å². The number of hydrogen-bond acceptors (Lipinski definition) is 2. The Morgan fingerprint density at radius 2 is 2.00 bits per heavy atom. The van der Waals surface area contributed by atoms with Crippen LogP contribution in [0.3, 0.4) is 0 Å². The molecule has 14 heavy (non-hydrogen) atoms. The van der Waals surface area contributed by atoms with Gasteiger partial charge in [-0.25, -0.2) is 4.39 Å². The van der Waals surface area contributed by atoms with E-state index >= 15 is 0 Å². The van der Waals surface area contributed by atoms with Crippen LogP contribution >= 0.6 is 0 Å². The van der Waals surface area contributed by atoms with Crippen molar-refractivity contribution in [2.24, 2.45) is 0 Å². The van der Waals surface area contributed by atoms with Gasteiger partial charge < -0.3 is 4.74 Å². The molecule has 0 aromatic heterocycles. The molecule has 0 spiro atoms. The monoisotopic (exact) mass is 202 g/mol. The van der Waals surface area contributed by atoms with Gasteiger partial charge in [0.25, 0.3) is 0 Å². The maximum Gasteiger partial charge on any atom is 0.305 e. The van der Waals surface area contributed by atoms with Crippen molar-refractivity contribution in [2.45, 2.75) is 57.0 Å². The normalized spacial score (nSPS) is 19.6. The minimum absolute atomic E-state index is 0.190. The Hall–Kier alpha value is -0.600. The van der Waals surface area contributed by atoms with Crippen LogP contribution in [0.25, 0.3) is 0 Å². The molecule has 0 unspecified atom stereocenters. The third-order valence-corrected chi connectivity index (χ3v) is 2.98. The highest BCUT2D eigenvalue weighted by Crippen LogP contribution is 2.37. The second kappa shape index (κ2) is 5.32. The molecule has 0 aromatic carbocycles. The standard InChI is InChI=1S/C11H19FO2/c1-14-10(13)6-2-3-7-11(12)8-4-5-9-11/h2-9H2,1H3. The summed E-state index contributed by atoms with van der Waals surface area (Å²) in [6.07, 6.45) is 6.05. The van der Waals surface area contributed by atoms with E-state index in [2.05, 4.69) is 4.74 Å². The molecule has 3 heteroatoms. The van der Waals surface area contributed by atoms with Crippen molar-refractivity contribution in [3.8, 4) is 0 Å². The molecule has 1 aliphatic carbocycles. The molecule has 1 fully saturated rings. The largest absolute Gasteiger partial charge is 0.469 e. The van der Waals surface area contributed by atoms with Gasteiger partial charge >= 0.3 is 5.97 Å². The molecule has 1 rings (SSSR count). The van der Waals surface area contributed by atoms with Crippen molar-refractivity contribution in [1.82, 2.24) is 0 Å². The van der Waals surface area contributed by atoms with E-state index in [1.54, 1.807) is 0 Å². The summed E-state index contributed by atoms with van der Waals surface area (Å²) in [5.41, 5.74) is -0.921. The van der Waals surface area contributed by atoms with E-state index in [-0.39, 0.29) is 5.97 Å². The predicted molar refractivity (Wildman–Crippen MR) is 52.8 cm³/mol. The summed E-state index contributed by atoms with van der Waals surface area (Å²) in [5.74, 6) is -0.190. The van der Waals surface area contributed by atoms with Gasteiger partial charge in [0.1, 0.15) is 5.67 Å². The van der Waals surface area contributed by atoms with E-state index in [1.165, 1.54) is 7.11 Å². The summed E-state index contributed by atoms with van der Waals surface area (Å²) in [6, 6.07) is 0. The Morgan fingerprint density at radius 1 is 1.36 bits per heavy atom. The van der Waals surface area contributed by atoms with Crippen molar-refractivity contribution in [1.29, 1.82) is 0 Å². The molecule has 1 aliphatic rings. The Kier molecular flexibility index (Phi) is 4.36. The van der Waals surface area contributed by atoms with Crippen LogP contribution in [-0.2, 0) is 9.53 Å². The fourth-order valence-electron chi connectivity index (χ4n) is 2.07. The fourth-order valence-corrected chi connectivity index (χ4v) is 2.07. The van der Waals surface area contributed by atoms with Gasteiger partial charge in [-0.15, -0.1) is 0 Å². The number of hydrogen-bond donors (Lipinski definition) is 0. The van der Waals surface area contributed by atoms with Gasteiger partial charge in [0, 0.05) is 6.42 Å². The third kappa shape index (κ3) is 3.64. The molecule has 0 aromatic rings.